The Labute approximate surface area is 121 Å². The summed E-state index contributed by atoms with van der Waals surface area (Å²) in [6.07, 6.45) is 3.24. The van der Waals surface area contributed by atoms with Crippen LogP contribution in [0.1, 0.15) is 12.6 Å². The Hall–Kier alpha value is -1.70. The van der Waals surface area contributed by atoms with Gasteiger partial charge in [0, 0.05) is 42.4 Å². The standard InChI is InChI=1S/C12H18N4O3S/c1-8-6-16(2-3-20-8)12(19)15-10(11(17)18)4-9-5-13-7-14-9/h5,7-8,10H,2-4,6H2,1H3,(H,13,14)(H,15,19)(H,17,18). The predicted octanol–water partition coefficient (Wildman–Crippen LogP) is 0.552. The number of aromatic amines is 1. The second-order valence-electron chi connectivity index (χ2n) is 4.75. The van der Waals surface area contributed by atoms with E-state index in [4.69, 9.17) is 0 Å². The third kappa shape index (κ3) is 3.89. The second-order valence-corrected chi connectivity index (χ2v) is 6.30. The summed E-state index contributed by atoms with van der Waals surface area (Å²) in [7, 11) is 0. The van der Waals surface area contributed by atoms with Crippen LogP contribution in [0.2, 0.25) is 0 Å². The minimum atomic E-state index is -1.05. The van der Waals surface area contributed by atoms with Crippen LogP contribution >= 0.6 is 11.8 Å². The van der Waals surface area contributed by atoms with Crippen molar-refractivity contribution in [3.05, 3.63) is 18.2 Å². The molecule has 1 aliphatic heterocycles. The van der Waals surface area contributed by atoms with Crippen LogP contribution in [0.3, 0.4) is 0 Å². The van der Waals surface area contributed by atoms with E-state index < -0.39 is 12.0 Å². The van der Waals surface area contributed by atoms with E-state index in [1.54, 1.807) is 11.1 Å². The first kappa shape index (κ1) is 14.7. The summed E-state index contributed by atoms with van der Waals surface area (Å²) < 4.78 is 0. The van der Waals surface area contributed by atoms with Gasteiger partial charge in [-0.2, -0.15) is 11.8 Å². The number of carbonyl (C=O) groups excluding carboxylic acids is 1. The van der Waals surface area contributed by atoms with Gasteiger partial charge >= 0.3 is 12.0 Å². The number of rotatable bonds is 4. The SMILES string of the molecule is CC1CN(C(=O)NC(Cc2cnc[nH]2)C(=O)O)CCS1. The molecule has 2 amide bonds. The molecule has 7 nitrogen and oxygen atoms in total. The van der Waals surface area contributed by atoms with Crippen LogP contribution in [-0.4, -0.2) is 62.1 Å². The van der Waals surface area contributed by atoms with Crippen LogP contribution in [0.5, 0.6) is 0 Å². The van der Waals surface area contributed by atoms with Crippen LogP contribution in [0.4, 0.5) is 4.79 Å². The number of aromatic nitrogens is 2. The molecule has 1 aliphatic rings. The summed E-state index contributed by atoms with van der Waals surface area (Å²) in [6, 6.07) is -1.27. The predicted molar refractivity (Wildman–Crippen MR) is 75.7 cm³/mol. The van der Waals surface area contributed by atoms with Crippen molar-refractivity contribution in [1.29, 1.82) is 0 Å². The van der Waals surface area contributed by atoms with Crippen molar-refractivity contribution in [2.45, 2.75) is 24.6 Å². The number of carbonyl (C=O) groups is 2. The molecule has 1 aromatic heterocycles. The first-order valence-corrected chi connectivity index (χ1v) is 7.48. The Morgan fingerprint density at radius 1 is 1.70 bits per heavy atom. The van der Waals surface area contributed by atoms with E-state index in [-0.39, 0.29) is 12.5 Å². The van der Waals surface area contributed by atoms with Crippen molar-refractivity contribution in [3.8, 4) is 0 Å². The Morgan fingerprint density at radius 2 is 2.50 bits per heavy atom. The highest BCUT2D eigenvalue weighted by molar-refractivity contribution is 7.99. The molecule has 2 atom stereocenters. The van der Waals surface area contributed by atoms with Crippen LogP contribution in [0.25, 0.3) is 0 Å². The number of imidazole rings is 1. The number of amides is 2. The van der Waals surface area contributed by atoms with Gasteiger partial charge in [-0.3, -0.25) is 0 Å². The van der Waals surface area contributed by atoms with Gasteiger partial charge in [0.25, 0.3) is 0 Å². The van der Waals surface area contributed by atoms with E-state index in [2.05, 4.69) is 22.2 Å². The topological polar surface area (TPSA) is 98.3 Å². The van der Waals surface area contributed by atoms with Crippen molar-refractivity contribution in [1.82, 2.24) is 20.2 Å². The van der Waals surface area contributed by atoms with Gasteiger partial charge in [0.15, 0.2) is 0 Å². The minimum Gasteiger partial charge on any atom is -0.480 e. The molecule has 0 radical (unpaired) electrons. The molecule has 2 heterocycles. The highest BCUT2D eigenvalue weighted by Gasteiger charge is 2.26. The van der Waals surface area contributed by atoms with Crippen molar-refractivity contribution < 1.29 is 14.7 Å². The smallest absolute Gasteiger partial charge is 0.326 e. The molecular weight excluding hydrogens is 280 g/mol. The van der Waals surface area contributed by atoms with E-state index in [1.165, 1.54) is 6.33 Å². The molecular formula is C12H18N4O3S. The quantitative estimate of drug-likeness (QED) is 0.754. The fourth-order valence-electron chi connectivity index (χ4n) is 2.06. The average Bonchev–Trinajstić information content (AvgIpc) is 2.90. The van der Waals surface area contributed by atoms with E-state index in [0.717, 1.165) is 5.75 Å². The molecule has 1 aromatic rings. The molecule has 1 saturated heterocycles. The number of thioether (sulfide) groups is 1. The molecule has 8 heteroatoms. The normalized spacial score (nSPS) is 20.4. The van der Waals surface area contributed by atoms with Gasteiger partial charge in [-0.05, 0) is 0 Å². The van der Waals surface area contributed by atoms with Gasteiger partial charge in [-0.15, -0.1) is 0 Å². The van der Waals surface area contributed by atoms with Crippen molar-refractivity contribution in [3.63, 3.8) is 0 Å². The number of carboxylic acid groups (broad SMARTS) is 1. The number of H-pyrrole nitrogens is 1. The highest BCUT2D eigenvalue weighted by Crippen LogP contribution is 2.17. The highest BCUT2D eigenvalue weighted by atomic mass is 32.2. The summed E-state index contributed by atoms with van der Waals surface area (Å²) in [6.45, 7) is 3.35. The van der Waals surface area contributed by atoms with E-state index in [9.17, 15) is 14.7 Å². The fraction of sp³-hybridized carbons (Fsp3) is 0.583. The second kappa shape index (κ2) is 6.65. The summed E-state index contributed by atoms with van der Waals surface area (Å²) >= 11 is 1.82. The zero-order valence-corrected chi connectivity index (χ0v) is 12.0. The lowest BCUT2D eigenvalue weighted by Gasteiger charge is -2.31. The summed E-state index contributed by atoms with van der Waals surface area (Å²) in [5.41, 5.74) is 0.681. The van der Waals surface area contributed by atoms with Crippen LogP contribution in [0, 0.1) is 0 Å². The van der Waals surface area contributed by atoms with Crippen molar-refractivity contribution in [2.24, 2.45) is 0 Å². The number of carboxylic acids is 1. The van der Waals surface area contributed by atoms with Gasteiger partial charge in [0.1, 0.15) is 6.04 Å². The lowest BCUT2D eigenvalue weighted by Crippen LogP contribution is -2.52. The third-order valence-corrected chi connectivity index (χ3v) is 4.24. The third-order valence-electron chi connectivity index (χ3n) is 3.10. The number of hydrogen-bond donors (Lipinski definition) is 3. The van der Waals surface area contributed by atoms with Gasteiger partial charge in [-0.1, -0.05) is 6.92 Å². The largest absolute Gasteiger partial charge is 0.480 e. The molecule has 0 aromatic carbocycles. The van der Waals surface area contributed by atoms with Crippen LogP contribution < -0.4 is 5.32 Å². The summed E-state index contributed by atoms with van der Waals surface area (Å²) in [4.78, 5) is 31.7. The van der Waals surface area contributed by atoms with E-state index in [0.29, 0.717) is 24.0 Å². The van der Waals surface area contributed by atoms with Crippen molar-refractivity contribution in [2.75, 3.05) is 18.8 Å². The number of aliphatic carboxylic acids is 1. The first-order valence-electron chi connectivity index (χ1n) is 6.43. The fourth-order valence-corrected chi connectivity index (χ4v) is 3.07. The number of nitrogens with one attached hydrogen (secondary N) is 2. The molecule has 20 heavy (non-hydrogen) atoms. The Morgan fingerprint density at radius 3 is 3.10 bits per heavy atom. The Balaban J connectivity index is 1.93. The van der Waals surface area contributed by atoms with E-state index >= 15 is 0 Å². The minimum absolute atomic E-state index is 0.194. The van der Waals surface area contributed by atoms with Crippen molar-refractivity contribution >= 4 is 23.8 Å². The van der Waals surface area contributed by atoms with Gasteiger partial charge in [0.05, 0.1) is 6.33 Å². The van der Waals surface area contributed by atoms with Crippen LogP contribution in [0.15, 0.2) is 12.5 Å². The Bertz CT molecular complexity index is 465. The van der Waals surface area contributed by atoms with Gasteiger partial charge in [-0.25, -0.2) is 14.6 Å². The molecule has 0 aliphatic carbocycles. The van der Waals surface area contributed by atoms with Gasteiger partial charge < -0.3 is 20.3 Å². The lowest BCUT2D eigenvalue weighted by molar-refractivity contribution is -0.139. The zero-order chi connectivity index (χ0) is 14.5. The Kier molecular flexibility index (Phi) is 4.89. The molecule has 1 fully saturated rings. The molecule has 3 N–H and O–H groups in total. The maximum Gasteiger partial charge on any atom is 0.326 e. The molecule has 110 valence electrons. The van der Waals surface area contributed by atoms with E-state index in [1.807, 2.05) is 11.8 Å². The monoisotopic (exact) mass is 298 g/mol. The number of nitrogens with zero attached hydrogens (tertiary/aromatic N) is 2. The lowest BCUT2D eigenvalue weighted by atomic mass is 10.1. The number of urea groups is 1. The first-order chi connectivity index (χ1) is 9.56. The average molecular weight is 298 g/mol. The molecule has 0 bridgehead atoms. The molecule has 0 spiro atoms. The summed E-state index contributed by atoms with van der Waals surface area (Å²) in [5.74, 6) is -0.167. The van der Waals surface area contributed by atoms with Crippen LogP contribution in [-0.2, 0) is 11.2 Å². The van der Waals surface area contributed by atoms with Gasteiger partial charge in [0.2, 0.25) is 0 Å². The molecule has 2 unspecified atom stereocenters. The molecule has 0 saturated carbocycles. The molecule has 2 rings (SSSR count). The maximum absolute atomic E-state index is 12.1. The zero-order valence-electron chi connectivity index (χ0n) is 11.2. The summed E-state index contributed by atoms with van der Waals surface area (Å²) in [5, 5.41) is 12.2. The number of hydrogen-bond acceptors (Lipinski definition) is 4. The maximum atomic E-state index is 12.1.